The molecule has 0 aromatic heterocycles. The van der Waals surface area contributed by atoms with E-state index in [4.69, 9.17) is 4.74 Å². The van der Waals surface area contributed by atoms with Crippen LogP contribution < -0.4 is 5.32 Å². The Bertz CT molecular complexity index is 196. The van der Waals surface area contributed by atoms with Crippen LogP contribution in [-0.4, -0.2) is 51.3 Å². The average molecular weight is 212 g/mol. The molecule has 3 nitrogen and oxygen atoms in total. The number of hydrogen-bond donors (Lipinski definition) is 1. The lowest BCUT2D eigenvalue weighted by Crippen LogP contribution is -2.47. The quantitative estimate of drug-likeness (QED) is 0.738. The van der Waals surface area contributed by atoms with Crippen LogP contribution in [0.25, 0.3) is 0 Å². The summed E-state index contributed by atoms with van der Waals surface area (Å²) in [5, 5.41) is 3.67. The predicted octanol–water partition coefficient (Wildman–Crippen LogP) is 1.10. The maximum absolute atomic E-state index is 5.67. The molecule has 0 aromatic rings. The van der Waals surface area contributed by atoms with Crippen molar-refractivity contribution in [1.29, 1.82) is 0 Å². The average Bonchev–Trinajstić information content (AvgIpc) is 2.99. The summed E-state index contributed by atoms with van der Waals surface area (Å²) in [6.45, 7) is 4.17. The Morgan fingerprint density at radius 1 is 1.40 bits per heavy atom. The van der Waals surface area contributed by atoms with E-state index < -0.39 is 0 Å². The highest BCUT2D eigenvalue weighted by molar-refractivity contribution is 4.90. The smallest absolute Gasteiger partial charge is 0.0546 e. The SMILES string of the molecule is CN(C)CC1(CNC2CC2)CCCOC1. The second-order valence-corrected chi connectivity index (χ2v) is 5.55. The third-order valence-corrected chi connectivity index (χ3v) is 3.40. The third kappa shape index (κ3) is 3.44. The van der Waals surface area contributed by atoms with Gasteiger partial charge < -0.3 is 15.0 Å². The van der Waals surface area contributed by atoms with E-state index in [-0.39, 0.29) is 0 Å². The monoisotopic (exact) mass is 212 g/mol. The summed E-state index contributed by atoms with van der Waals surface area (Å²) < 4.78 is 5.67. The van der Waals surface area contributed by atoms with Crippen molar-refractivity contribution in [2.75, 3.05) is 40.4 Å². The number of ether oxygens (including phenoxy) is 1. The zero-order valence-electron chi connectivity index (χ0n) is 10.1. The number of nitrogens with one attached hydrogen (secondary N) is 1. The Morgan fingerprint density at radius 3 is 2.73 bits per heavy atom. The van der Waals surface area contributed by atoms with Crippen molar-refractivity contribution in [3.63, 3.8) is 0 Å². The van der Waals surface area contributed by atoms with Gasteiger partial charge in [-0.25, -0.2) is 0 Å². The molecule has 0 amide bonds. The maximum atomic E-state index is 5.67. The van der Waals surface area contributed by atoms with E-state index in [1.54, 1.807) is 0 Å². The fourth-order valence-electron chi connectivity index (χ4n) is 2.55. The van der Waals surface area contributed by atoms with Crippen LogP contribution in [-0.2, 0) is 4.74 Å². The first-order valence-electron chi connectivity index (χ1n) is 6.16. The van der Waals surface area contributed by atoms with E-state index in [1.165, 1.54) is 25.7 Å². The van der Waals surface area contributed by atoms with Gasteiger partial charge in [-0.15, -0.1) is 0 Å². The van der Waals surface area contributed by atoms with E-state index in [0.29, 0.717) is 5.41 Å². The van der Waals surface area contributed by atoms with Crippen molar-refractivity contribution in [3.05, 3.63) is 0 Å². The van der Waals surface area contributed by atoms with Crippen molar-refractivity contribution in [2.45, 2.75) is 31.7 Å². The highest BCUT2D eigenvalue weighted by Crippen LogP contribution is 2.30. The normalized spacial score (nSPS) is 32.2. The highest BCUT2D eigenvalue weighted by atomic mass is 16.5. The Kier molecular flexibility index (Phi) is 3.65. The lowest BCUT2D eigenvalue weighted by atomic mass is 9.82. The van der Waals surface area contributed by atoms with E-state index in [9.17, 15) is 0 Å². The topological polar surface area (TPSA) is 24.5 Å². The summed E-state index contributed by atoms with van der Waals surface area (Å²) >= 11 is 0. The summed E-state index contributed by atoms with van der Waals surface area (Å²) in [5.41, 5.74) is 0.365. The van der Waals surface area contributed by atoms with Crippen LogP contribution in [0.5, 0.6) is 0 Å². The van der Waals surface area contributed by atoms with E-state index in [2.05, 4.69) is 24.3 Å². The van der Waals surface area contributed by atoms with Crippen molar-refractivity contribution in [1.82, 2.24) is 10.2 Å². The molecule has 0 aromatic carbocycles. The molecule has 1 N–H and O–H groups in total. The van der Waals surface area contributed by atoms with Gasteiger partial charge in [-0.2, -0.15) is 0 Å². The lowest BCUT2D eigenvalue weighted by Gasteiger charge is -2.39. The van der Waals surface area contributed by atoms with Gasteiger partial charge in [0.2, 0.25) is 0 Å². The van der Waals surface area contributed by atoms with E-state index in [0.717, 1.165) is 32.3 Å². The summed E-state index contributed by atoms with van der Waals surface area (Å²) in [7, 11) is 4.32. The molecular formula is C12H24N2O. The summed E-state index contributed by atoms with van der Waals surface area (Å²) in [5.74, 6) is 0. The minimum Gasteiger partial charge on any atom is -0.381 e. The van der Waals surface area contributed by atoms with Gasteiger partial charge in [0.25, 0.3) is 0 Å². The standard InChI is InChI=1S/C12H24N2O/c1-14(2)9-12(6-3-7-15-10-12)8-13-11-4-5-11/h11,13H,3-10H2,1-2H3. The lowest BCUT2D eigenvalue weighted by molar-refractivity contribution is -0.0198. The van der Waals surface area contributed by atoms with Gasteiger partial charge in [0, 0.05) is 31.2 Å². The van der Waals surface area contributed by atoms with Gasteiger partial charge in [-0.1, -0.05) is 0 Å². The Labute approximate surface area is 93.2 Å². The Morgan fingerprint density at radius 2 is 2.20 bits per heavy atom. The maximum Gasteiger partial charge on any atom is 0.0546 e. The molecule has 1 unspecified atom stereocenters. The first-order valence-corrected chi connectivity index (χ1v) is 6.16. The van der Waals surface area contributed by atoms with Crippen molar-refractivity contribution in [3.8, 4) is 0 Å². The minimum atomic E-state index is 0.365. The molecule has 1 heterocycles. The minimum absolute atomic E-state index is 0.365. The number of hydrogen-bond acceptors (Lipinski definition) is 3. The first kappa shape index (κ1) is 11.4. The largest absolute Gasteiger partial charge is 0.381 e. The van der Waals surface area contributed by atoms with Gasteiger partial charge in [0.1, 0.15) is 0 Å². The van der Waals surface area contributed by atoms with Gasteiger partial charge in [0.05, 0.1) is 6.61 Å². The van der Waals surface area contributed by atoms with Crippen LogP contribution in [0.3, 0.4) is 0 Å². The molecule has 1 atom stereocenters. The Hall–Kier alpha value is -0.120. The molecule has 2 aliphatic rings. The Balaban J connectivity index is 1.86. The molecule has 2 rings (SSSR count). The van der Waals surface area contributed by atoms with Crippen LogP contribution in [0.15, 0.2) is 0 Å². The molecule has 15 heavy (non-hydrogen) atoms. The second kappa shape index (κ2) is 4.81. The fraction of sp³-hybridized carbons (Fsp3) is 1.00. The van der Waals surface area contributed by atoms with E-state index >= 15 is 0 Å². The zero-order valence-corrected chi connectivity index (χ0v) is 10.1. The fourth-order valence-corrected chi connectivity index (χ4v) is 2.55. The molecule has 1 aliphatic carbocycles. The van der Waals surface area contributed by atoms with Gasteiger partial charge in [-0.3, -0.25) is 0 Å². The molecule has 1 saturated heterocycles. The van der Waals surface area contributed by atoms with Crippen molar-refractivity contribution in [2.24, 2.45) is 5.41 Å². The van der Waals surface area contributed by atoms with Crippen molar-refractivity contribution >= 4 is 0 Å². The number of rotatable bonds is 5. The van der Waals surface area contributed by atoms with Gasteiger partial charge >= 0.3 is 0 Å². The molecule has 88 valence electrons. The molecular weight excluding hydrogens is 188 g/mol. The molecule has 0 spiro atoms. The molecule has 0 radical (unpaired) electrons. The van der Waals surface area contributed by atoms with Gasteiger partial charge in [-0.05, 0) is 39.8 Å². The molecule has 0 bridgehead atoms. The number of nitrogens with zero attached hydrogens (tertiary/aromatic N) is 1. The van der Waals surface area contributed by atoms with Crippen LogP contribution >= 0.6 is 0 Å². The highest BCUT2D eigenvalue weighted by Gasteiger charge is 2.35. The summed E-state index contributed by atoms with van der Waals surface area (Å²) in [4.78, 5) is 2.29. The summed E-state index contributed by atoms with van der Waals surface area (Å²) in [6.07, 6.45) is 5.28. The molecule has 2 fully saturated rings. The van der Waals surface area contributed by atoms with Crippen LogP contribution in [0, 0.1) is 5.41 Å². The van der Waals surface area contributed by atoms with E-state index in [1.807, 2.05) is 0 Å². The molecule has 1 aliphatic heterocycles. The van der Waals surface area contributed by atoms with Crippen molar-refractivity contribution < 1.29 is 4.74 Å². The van der Waals surface area contributed by atoms with Crippen LogP contribution in [0.1, 0.15) is 25.7 Å². The first-order chi connectivity index (χ1) is 7.20. The molecule has 3 heteroatoms. The third-order valence-electron chi connectivity index (χ3n) is 3.40. The zero-order chi connectivity index (χ0) is 10.7. The summed E-state index contributed by atoms with van der Waals surface area (Å²) in [6, 6.07) is 0.811. The predicted molar refractivity (Wildman–Crippen MR) is 62.1 cm³/mol. The van der Waals surface area contributed by atoms with Crippen LogP contribution in [0.2, 0.25) is 0 Å². The van der Waals surface area contributed by atoms with Crippen LogP contribution in [0.4, 0.5) is 0 Å². The second-order valence-electron chi connectivity index (χ2n) is 5.55. The molecule has 1 saturated carbocycles. The van der Waals surface area contributed by atoms with Gasteiger partial charge in [0.15, 0.2) is 0 Å².